The van der Waals surface area contributed by atoms with Crippen LogP contribution in [0.1, 0.15) is 11.1 Å². The second-order valence-electron chi connectivity index (χ2n) is 5.35. The third-order valence-corrected chi connectivity index (χ3v) is 3.43. The van der Waals surface area contributed by atoms with Crippen molar-refractivity contribution in [2.45, 2.75) is 13.5 Å². The number of aryl methyl sites for hydroxylation is 1. The van der Waals surface area contributed by atoms with E-state index in [0.717, 1.165) is 11.6 Å². The zero-order chi connectivity index (χ0) is 16.9. The molecule has 0 spiro atoms. The first-order valence-corrected chi connectivity index (χ1v) is 7.45. The van der Waals surface area contributed by atoms with Crippen LogP contribution in [0.3, 0.4) is 0 Å². The van der Waals surface area contributed by atoms with Gasteiger partial charge < -0.3 is 10.6 Å². The second kappa shape index (κ2) is 7.04. The maximum Gasteiger partial charge on any atom is 0.229 e. The maximum atomic E-state index is 13.7. The van der Waals surface area contributed by atoms with Crippen molar-refractivity contribution in [1.29, 1.82) is 0 Å². The second-order valence-corrected chi connectivity index (χ2v) is 5.35. The van der Waals surface area contributed by atoms with Crippen molar-refractivity contribution < 1.29 is 8.78 Å². The van der Waals surface area contributed by atoms with Crippen LogP contribution in [-0.2, 0) is 6.54 Å². The Hall–Kier alpha value is -3.02. The highest BCUT2D eigenvalue weighted by Crippen LogP contribution is 2.19. The molecule has 2 aromatic carbocycles. The number of benzene rings is 2. The Balaban J connectivity index is 1.68. The number of halogens is 2. The number of aromatic nitrogens is 2. The Kier molecular flexibility index (Phi) is 4.65. The minimum atomic E-state index is -0.698. The van der Waals surface area contributed by atoms with Gasteiger partial charge in [0.2, 0.25) is 5.95 Å². The van der Waals surface area contributed by atoms with Gasteiger partial charge in [0, 0.05) is 18.8 Å². The standard InChI is InChI=1S/C18H16F2N4/c1-12-2-4-13(5-3-12)11-22-17-8-9-21-18(24-17)23-16-7-6-14(19)10-15(16)20/h2-10H,11H2,1H3,(H2,21,22,23,24). The largest absolute Gasteiger partial charge is 0.366 e. The third kappa shape index (κ3) is 4.04. The van der Waals surface area contributed by atoms with E-state index in [4.69, 9.17) is 0 Å². The van der Waals surface area contributed by atoms with Crippen molar-refractivity contribution in [3.63, 3.8) is 0 Å². The van der Waals surface area contributed by atoms with Gasteiger partial charge in [-0.3, -0.25) is 0 Å². The van der Waals surface area contributed by atoms with E-state index in [1.54, 1.807) is 12.3 Å². The summed E-state index contributed by atoms with van der Waals surface area (Å²) in [6.45, 7) is 2.65. The van der Waals surface area contributed by atoms with Gasteiger partial charge in [-0.25, -0.2) is 13.8 Å². The highest BCUT2D eigenvalue weighted by Gasteiger charge is 2.06. The van der Waals surface area contributed by atoms with Crippen molar-refractivity contribution in [1.82, 2.24) is 9.97 Å². The SMILES string of the molecule is Cc1ccc(CNc2ccnc(Nc3ccc(F)cc3F)n2)cc1. The van der Waals surface area contributed by atoms with Crippen molar-refractivity contribution in [3.05, 3.63) is 77.5 Å². The van der Waals surface area contributed by atoms with Crippen LogP contribution in [0.5, 0.6) is 0 Å². The molecule has 0 fully saturated rings. The van der Waals surface area contributed by atoms with Crippen LogP contribution in [0.25, 0.3) is 0 Å². The van der Waals surface area contributed by atoms with E-state index in [2.05, 4.69) is 20.6 Å². The average Bonchev–Trinajstić information content (AvgIpc) is 2.57. The number of hydrogen-bond donors (Lipinski definition) is 2. The molecular weight excluding hydrogens is 310 g/mol. The number of rotatable bonds is 5. The molecule has 3 aromatic rings. The van der Waals surface area contributed by atoms with E-state index in [9.17, 15) is 8.78 Å². The van der Waals surface area contributed by atoms with Crippen LogP contribution >= 0.6 is 0 Å². The van der Waals surface area contributed by atoms with Gasteiger partial charge in [-0.1, -0.05) is 29.8 Å². The summed E-state index contributed by atoms with van der Waals surface area (Å²) >= 11 is 0. The first-order valence-electron chi connectivity index (χ1n) is 7.45. The molecule has 1 heterocycles. The molecule has 0 aliphatic heterocycles. The van der Waals surface area contributed by atoms with E-state index in [-0.39, 0.29) is 11.6 Å². The first-order chi connectivity index (χ1) is 11.6. The average molecular weight is 326 g/mol. The van der Waals surface area contributed by atoms with Gasteiger partial charge in [-0.15, -0.1) is 0 Å². The molecular formula is C18H16F2N4. The Morgan fingerprint density at radius 1 is 1.00 bits per heavy atom. The topological polar surface area (TPSA) is 49.8 Å². The highest BCUT2D eigenvalue weighted by molar-refractivity contribution is 5.55. The van der Waals surface area contributed by atoms with Gasteiger partial charge in [0.1, 0.15) is 17.5 Å². The number of nitrogens with zero attached hydrogens (tertiary/aromatic N) is 2. The maximum absolute atomic E-state index is 13.7. The Labute approximate surface area is 138 Å². The molecule has 3 rings (SSSR count). The zero-order valence-electron chi connectivity index (χ0n) is 13.1. The molecule has 0 aliphatic carbocycles. The van der Waals surface area contributed by atoms with Crippen LogP contribution < -0.4 is 10.6 Å². The van der Waals surface area contributed by atoms with Crippen LogP contribution in [0.15, 0.2) is 54.7 Å². The minimum absolute atomic E-state index is 0.118. The van der Waals surface area contributed by atoms with Crippen LogP contribution in [-0.4, -0.2) is 9.97 Å². The summed E-state index contributed by atoms with van der Waals surface area (Å²) in [7, 11) is 0. The summed E-state index contributed by atoms with van der Waals surface area (Å²) in [5, 5.41) is 5.93. The number of nitrogens with one attached hydrogen (secondary N) is 2. The van der Waals surface area contributed by atoms with E-state index in [0.29, 0.717) is 12.4 Å². The molecule has 24 heavy (non-hydrogen) atoms. The summed E-state index contributed by atoms with van der Waals surface area (Å²) in [4.78, 5) is 8.31. The predicted octanol–water partition coefficient (Wildman–Crippen LogP) is 4.42. The number of anilines is 3. The van der Waals surface area contributed by atoms with Crippen LogP contribution in [0.4, 0.5) is 26.2 Å². The van der Waals surface area contributed by atoms with Crippen molar-refractivity contribution in [2.24, 2.45) is 0 Å². The summed E-state index contributed by atoms with van der Waals surface area (Å²) in [5.74, 6) is -0.492. The Bertz CT molecular complexity index is 835. The smallest absolute Gasteiger partial charge is 0.229 e. The van der Waals surface area contributed by atoms with Crippen LogP contribution in [0.2, 0.25) is 0 Å². The lowest BCUT2D eigenvalue weighted by Gasteiger charge is -2.09. The molecule has 4 nitrogen and oxygen atoms in total. The van der Waals surface area contributed by atoms with Gasteiger partial charge in [0.15, 0.2) is 0 Å². The molecule has 122 valence electrons. The molecule has 0 saturated carbocycles. The summed E-state index contributed by atoms with van der Waals surface area (Å²) < 4.78 is 26.6. The molecule has 0 atom stereocenters. The van der Waals surface area contributed by atoms with E-state index in [1.807, 2.05) is 31.2 Å². The fourth-order valence-electron chi connectivity index (χ4n) is 2.13. The molecule has 0 bridgehead atoms. The van der Waals surface area contributed by atoms with Gasteiger partial charge in [-0.05, 0) is 30.7 Å². The quantitative estimate of drug-likeness (QED) is 0.729. The first kappa shape index (κ1) is 15.9. The zero-order valence-corrected chi connectivity index (χ0v) is 13.1. The third-order valence-electron chi connectivity index (χ3n) is 3.43. The van der Waals surface area contributed by atoms with Gasteiger partial charge in [0.25, 0.3) is 0 Å². The monoisotopic (exact) mass is 326 g/mol. The molecule has 6 heteroatoms. The molecule has 1 aromatic heterocycles. The van der Waals surface area contributed by atoms with E-state index < -0.39 is 11.6 Å². The molecule has 0 saturated heterocycles. The minimum Gasteiger partial charge on any atom is -0.366 e. The fourth-order valence-corrected chi connectivity index (χ4v) is 2.13. The highest BCUT2D eigenvalue weighted by atomic mass is 19.1. The molecule has 0 radical (unpaired) electrons. The summed E-state index contributed by atoms with van der Waals surface area (Å²) in [6.07, 6.45) is 1.56. The predicted molar refractivity (Wildman–Crippen MR) is 90.2 cm³/mol. The number of hydrogen-bond acceptors (Lipinski definition) is 4. The van der Waals surface area contributed by atoms with Gasteiger partial charge >= 0.3 is 0 Å². The van der Waals surface area contributed by atoms with E-state index in [1.165, 1.54) is 17.7 Å². The molecule has 0 unspecified atom stereocenters. The molecule has 0 aliphatic rings. The van der Waals surface area contributed by atoms with Crippen LogP contribution in [0, 0.1) is 18.6 Å². The fraction of sp³-hybridized carbons (Fsp3) is 0.111. The Morgan fingerprint density at radius 2 is 1.79 bits per heavy atom. The van der Waals surface area contributed by atoms with E-state index >= 15 is 0 Å². The van der Waals surface area contributed by atoms with Crippen molar-refractivity contribution >= 4 is 17.5 Å². The summed E-state index contributed by atoms with van der Waals surface area (Å²) in [6, 6.07) is 13.2. The lowest BCUT2D eigenvalue weighted by atomic mass is 10.1. The van der Waals surface area contributed by atoms with Crippen molar-refractivity contribution in [3.8, 4) is 0 Å². The van der Waals surface area contributed by atoms with Gasteiger partial charge in [0.05, 0.1) is 5.69 Å². The van der Waals surface area contributed by atoms with Gasteiger partial charge in [-0.2, -0.15) is 4.98 Å². The summed E-state index contributed by atoms with van der Waals surface area (Å²) in [5.41, 5.74) is 2.44. The van der Waals surface area contributed by atoms with Crippen molar-refractivity contribution in [2.75, 3.05) is 10.6 Å². The molecule has 0 amide bonds. The lowest BCUT2D eigenvalue weighted by Crippen LogP contribution is -2.05. The molecule has 2 N–H and O–H groups in total. The normalized spacial score (nSPS) is 10.5. The Morgan fingerprint density at radius 3 is 2.54 bits per heavy atom. The lowest BCUT2D eigenvalue weighted by molar-refractivity contribution is 0.586.